The van der Waals surface area contributed by atoms with Crippen LogP contribution in [0.4, 0.5) is 0 Å². The van der Waals surface area contributed by atoms with Crippen molar-refractivity contribution < 1.29 is 5.11 Å². The van der Waals surface area contributed by atoms with Gasteiger partial charge in [0, 0.05) is 0 Å². The number of benzene rings is 2. The minimum absolute atomic E-state index is 0.252. The fourth-order valence-corrected chi connectivity index (χ4v) is 3.38. The first-order chi connectivity index (χ1) is 12.5. The fraction of sp³-hybridized carbons (Fsp3) is 0.350. The normalized spacial score (nSPS) is 13.2. The number of rotatable bonds is 8. The summed E-state index contributed by atoms with van der Waals surface area (Å²) in [5.74, 6) is 0. The van der Waals surface area contributed by atoms with Crippen LogP contribution in [-0.4, -0.2) is 30.6 Å². The summed E-state index contributed by atoms with van der Waals surface area (Å²) in [4.78, 5) is 14.3. The van der Waals surface area contributed by atoms with Gasteiger partial charge in [-0.1, -0.05) is 35.5 Å². The van der Waals surface area contributed by atoms with Gasteiger partial charge in [0.05, 0.1) is 18.2 Å². The smallest absolute Gasteiger partial charge is 0.153 e. The molecule has 6 heteroatoms. The molecule has 0 aliphatic rings. The maximum atomic E-state index is 12.2. The van der Waals surface area contributed by atoms with Crippen LogP contribution in [0, 0.1) is 16.2 Å². The Morgan fingerprint density at radius 2 is 1.92 bits per heavy atom. The van der Waals surface area contributed by atoms with Crippen LogP contribution in [0.25, 0.3) is 0 Å². The minimum Gasteiger partial charge on any atom is -0.392 e. The molecule has 0 saturated heterocycles. The first-order valence-corrected chi connectivity index (χ1v) is 9.04. The highest BCUT2D eigenvalue weighted by molar-refractivity contribution is 7.27. The molecular formula is C20H24N3O2P. The van der Waals surface area contributed by atoms with E-state index in [1.165, 1.54) is 0 Å². The molecule has 0 aromatic heterocycles. The maximum absolute atomic E-state index is 12.2. The van der Waals surface area contributed by atoms with Crippen molar-refractivity contribution in [2.24, 2.45) is 5.18 Å². The molecule has 2 aromatic rings. The number of aliphatic hydroxyl groups is 1. The second-order valence-corrected chi connectivity index (χ2v) is 7.29. The predicted molar refractivity (Wildman–Crippen MR) is 107 cm³/mol. The molecule has 0 saturated carbocycles. The van der Waals surface area contributed by atoms with Gasteiger partial charge in [0.25, 0.3) is 0 Å². The molecule has 0 fully saturated rings. The van der Waals surface area contributed by atoms with Crippen molar-refractivity contribution in [3.05, 3.63) is 69.6 Å². The van der Waals surface area contributed by atoms with Crippen LogP contribution in [0.15, 0.2) is 47.6 Å². The molecule has 136 valence electrons. The lowest BCUT2D eigenvalue weighted by Gasteiger charge is -2.30. The molecule has 0 radical (unpaired) electrons. The summed E-state index contributed by atoms with van der Waals surface area (Å²) in [7, 11) is 6.60. The number of aliphatic hydroxyl groups excluding tert-OH is 1. The van der Waals surface area contributed by atoms with E-state index < -0.39 is 5.54 Å². The van der Waals surface area contributed by atoms with Crippen LogP contribution >= 0.6 is 9.24 Å². The summed E-state index contributed by atoms with van der Waals surface area (Å²) in [6, 6.07) is 14.8. The number of nitriles is 1. The Kier molecular flexibility index (Phi) is 6.99. The second kappa shape index (κ2) is 9.00. The number of hydrogen-bond donors (Lipinski definition) is 1. The first-order valence-electron chi connectivity index (χ1n) is 8.46. The lowest BCUT2D eigenvalue weighted by atomic mass is 9.77. The predicted octanol–water partition coefficient (Wildman–Crippen LogP) is 2.90. The molecule has 2 aromatic carbocycles. The van der Waals surface area contributed by atoms with E-state index in [1.807, 2.05) is 38.4 Å². The molecule has 0 bridgehead atoms. The van der Waals surface area contributed by atoms with Crippen LogP contribution in [0.5, 0.6) is 0 Å². The zero-order valence-electron chi connectivity index (χ0n) is 15.1. The van der Waals surface area contributed by atoms with E-state index in [-0.39, 0.29) is 6.61 Å². The molecule has 0 aliphatic carbocycles. The van der Waals surface area contributed by atoms with Crippen LogP contribution in [-0.2, 0) is 12.1 Å². The Balaban J connectivity index is 2.60. The molecular weight excluding hydrogens is 345 g/mol. The van der Waals surface area contributed by atoms with Gasteiger partial charge >= 0.3 is 0 Å². The zero-order chi connectivity index (χ0) is 19.2. The van der Waals surface area contributed by atoms with Crippen LogP contribution in [0.2, 0.25) is 0 Å². The van der Waals surface area contributed by atoms with Gasteiger partial charge in [-0.05, 0) is 67.6 Å². The van der Waals surface area contributed by atoms with Gasteiger partial charge in [-0.2, -0.15) is 5.26 Å². The van der Waals surface area contributed by atoms with Crippen molar-refractivity contribution in [2.75, 3.05) is 20.6 Å². The molecule has 2 unspecified atom stereocenters. The van der Waals surface area contributed by atoms with Gasteiger partial charge in [0.15, 0.2) is 5.54 Å². The highest BCUT2D eigenvalue weighted by Gasteiger charge is 2.37. The second-order valence-electron chi connectivity index (χ2n) is 6.62. The number of nitrogens with zero attached hydrogens (tertiary/aromatic N) is 3. The number of hydrogen-bond acceptors (Lipinski definition) is 5. The Hall–Kier alpha value is -2.12. The Labute approximate surface area is 156 Å². The minimum atomic E-state index is -1.10. The van der Waals surface area contributed by atoms with E-state index >= 15 is 0 Å². The van der Waals surface area contributed by atoms with Crippen molar-refractivity contribution in [2.45, 2.75) is 25.0 Å². The summed E-state index contributed by atoms with van der Waals surface area (Å²) in [5.41, 5.74) is 1.36. The zero-order valence-corrected chi connectivity index (χ0v) is 16.3. The first kappa shape index (κ1) is 20.2. The van der Waals surface area contributed by atoms with E-state index in [9.17, 15) is 10.0 Å². The van der Waals surface area contributed by atoms with E-state index in [0.29, 0.717) is 23.1 Å². The van der Waals surface area contributed by atoms with Crippen molar-refractivity contribution in [1.29, 1.82) is 5.26 Å². The highest BCUT2D eigenvalue weighted by atomic mass is 31.0. The summed E-state index contributed by atoms with van der Waals surface area (Å²) in [6.07, 6.45) is 1.29. The molecule has 0 aliphatic heterocycles. The molecule has 0 amide bonds. The fourth-order valence-electron chi connectivity index (χ4n) is 3.19. The Morgan fingerprint density at radius 3 is 2.46 bits per heavy atom. The standard InChI is InChI=1S/C20H24N3O2P/c1-23(2)11-3-10-20(22-25,17-5-7-18(26)8-6-17)19-9-4-15(13-21)12-16(19)14-24/h4-9,12,24H,3,10-11,14,26H2,1-2H3. The third-order valence-corrected chi connectivity index (χ3v) is 4.92. The van der Waals surface area contributed by atoms with E-state index in [0.717, 1.165) is 23.8 Å². The van der Waals surface area contributed by atoms with Crippen molar-refractivity contribution in [3.63, 3.8) is 0 Å². The van der Waals surface area contributed by atoms with Crippen LogP contribution in [0.1, 0.15) is 35.1 Å². The maximum Gasteiger partial charge on any atom is 0.153 e. The summed E-state index contributed by atoms with van der Waals surface area (Å²) >= 11 is 0. The van der Waals surface area contributed by atoms with Crippen molar-refractivity contribution >= 4 is 14.5 Å². The third kappa shape index (κ3) is 4.34. The van der Waals surface area contributed by atoms with Gasteiger partial charge in [-0.25, -0.2) is 0 Å². The summed E-state index contributed by atoms with van der Waals surface area (Å²) in [5, 5.41) is 23.6. The lowest BCUT2D eigenvalue weighted by molar-refractivity contribution is 0.277. The average molecular weight is 369 g/mol. The van der Waals surface area contributed by atoms with Gasteiger partial charge in [-0.3, -0.25) is 0 Å². The third-order valence-electron chi connectivity index (χ3n) is 4.54. The van der Waals surface area contributed by atoms with Crippen LogP contribution in [0.3, 0.4) is 0 Å². The quantitative estimate of drug-likeness (QED) is 0.573. The molecule has 0 heterocycles. The molecule has 5 nitrogen and oxygen atoms in total. The largest absolute Gasteiger partial charge is 0.392 e. The molecule has 0 spiro atoms. The average Bonchev–Trinajstić information content (AvgIpc) is 2.65. The molecule has 2 atom stereocenters. The van der Waals surface area contributed by atoms with Crippen molar-refractivity contribution in [3.8, 4) is 6.07 Å². The Bertz CT molecular complexity index is 800. The monoisotopic (exact) mass is 369 g/mol. The van der Waals surface area contributed by atoms with Gasteiger partial charge in [0.1, 0.15) is 0 Å². The van der Waals surface area contributed by atoms with Gasteiger partial charge in [0.2, 0.25) is 0 Å². The lowest BCUT2D eigenvalue weighted by Crippen LogP contribution is -2.28. The number of nitroso groups, excluding NO2 is 1. The van der Waals surface area contributed by atoms with Gasteiger partial charge in [-0.15, -0.1) is 14.1 Å². The van der Waals surface area contributed by atoms with E-state index in [4.69, 9.17) is 5.26 Å². The molecule has 1 N–H and O–H groups in total. The summed E-state index contributed by atoms with van der Waals surface area (Å²) < 4.78 is 0. The van der Waals surface area contributed by atoms with Crippen LogP contribution < -0.4 is 5.30 Å². The topological polar surface area (TPSA) is 76.7 Å². The summed E-state index contributed by atoms with van der Waals surface area (Å²) in [6.45, 7) is 0.571. The van der Waals surface area contributed by atoms with Crippen molar-refractivity contribution in [1.82, 2.24) is 4.90 Å². The SMILES string of the molecule is CN(C)CCCC(N=O)(c1ccc(P)cc1)c1ccc(C#N)cc1CO. The molecule has 26 heavy (non-hydrogen) atoms. The highest BCUT2D eigenvalue weighted by Crippen LogP contribution is 2.40. The van der Waals surface area contributed by atoms with E-state index in [2.05, 4.69) is 25.4 Å². The molecule has 2 rings (SSSR count). The van der Waals surface area contributed by atoms with E-state index in [1.54, 1.807) is 18.2 Å². The Morgan fingerprint density at radius 1 is 1.23 bits per heavy atom. The van der Waals surface area contributed by atoms with Gasteiger partial charge < -0.3 is 10.0 Å².